The van der Waals surface area contributed by atoms with Crippen LogP contribution in [-0.4, -0.2) is 18.3 Å². The molecule has 1 N–H and O–H groups in total. The summed E-state index contributed by atoms with van der Waals surface area (Å²) in [5.74, 6) is 1.82. The van der Waals surface area contributed by atoms with Gasteiger partial charge in [0.05, 0.1) is 0 Å². The quantitative estimate of drug-likeness (QED) is 0.573. The van der Waals surface area contributed by atoms with Crippen molar-refractivity contribution in [1.82, 2.24) is 5.32 Å². The molecule has 0 aliphatic heterocycles. The fourth-order valence-electron chi connectivity index (χ4n) is 1.60. The van der Waals surface area contributed by atoms with Crippen LogP contribution >= 0.6 is 11.8 Å². The predicted molar refractivity (Wildman–Crippen MR) is 79.0 cm³/mol. The molecular formula is C15H25NS. The second kappa shape index (κ2) is 7.78. The fraction of sp³-hybridized carbons (Fsp3) is 0.600. The summed E-state index contributed by atoms with van der Waals surface area (Å²) in [5, 5.41) is 3.44. The van der Waals surface area contributed by atoms with Crippen LogP contribution in [0.5, 0.6) is 0 Å². The Labute approximate surface area is 110 Å². The van der Waals surface area contributed by atoms with Crippen molar-refractivity contribution in [2.75, 3.05) is 12.3 Å². The van der Waals surface area contributed by atoms with E-state index in [1.165, 1.54) is 22.6 Å². The van der Waals surface area contributed by atoms with Crippen molar-refractivity contribution in [2.45, 2.75) is 51.0 Å². The van der Waals surface area contributed by atoms with Crippen molar-refractivity contribution in [2.24, 2.45) is 0 Å². The normalized spacial score (nSPS) is 11.4. The Morgan fingerprint density at radius 3 is 2.24 bits per heavy atom. The number of rotatable bonds is 7. The molecule has 0 amide bonds. The van der Waals surface area contributed by atoms with E-state index in [1.54, 1.807) is 0 Å². The largest absolute Gasteiger partial charge is 0.315 e. The van der Waals surface area contributed by atoms with Gasteiger partial charge in [-0.1, -0.05) is 39.8 Å². The standard InChI is InChI=1S/C15H25NS/c1-12(2)14-6-8-15(9-7-14)17-11-5-10-16-13(3)4/h6-9,12-13,16H,5,10-11H2,1-4H3. The average molecular weight is 251 g/mol. The zero-order chi connectivity index (χ0) is 12.7. The first-order valence-electron chi connectivity index (χ1n) is 6.55. The molecule has 0 radical (unpaired) electrons. The molecule has 0 aromatic heterocycles. The van der Waals surface area contributed by atoms with E-state index in [9.17, 15) is 0 Å². The van der Waals surface area contributed by atoms with Crippen LogP contribution < -0.4 is 5.32 Å². The lowest BCUT2D eigenvalue weighted by Gasteiger charge is -2.08. The van der Waals surface area contributed by atoms with Gasteiger partial charge in [0.1, 0.15) is 0 Å². The van der Waals surface area contributed by atoms with E-state index in [2.05, 4.69) is 57.3 Å². The molecule has 0 atom stereocenters. The van der Waals surface area contributed by atoms with Gasteiger partial charge >= 0.3 is 0 Å². The molecular weight excluding hydrogens is 226 g/mol. The third-order valence-electron chi connectivity index (χ3n) is 2.69. The molecule has 0 aliphatic rings. The lowest BCUT2D eigenvalue weighted by Crippen LogP contribution is -2.23. The van der Waals surface area contributed by atoms with Crippen molar-refractivity contribution in [3.05, 3.63) is 29.8 Å². The molecule has 1 rings (SSSR count). The van der Waals surface area contributed by atoms with Gasteiger partial charge in [-0.3, -0.25) is 0 Å². The second-order valence-corrected chi connectivity index (χ2v) is 6.20. The van der Waals surface area contributed by atoms with Gasteiger partial charge in [0.25, 0.3) is 0 Å². The predicted octanol–water partition coefficient (Wildman–Crippen LogP) is 4.29. The fourth-order valence-corrected chi connectivity index (χ4v) is 2.45. The molecule has 0 heterocycles. The molecule has 1 aromatic rings. The zero-order valence-electron chi connectivity index (χ0n) is 11.5. The van der Waals surface area contributed by atoms with E-state index in [0.717, 1.165) is 6.54 Å². The molecule has 0 spiro atoms. The summed E-state index contributed by atoms with van der Waals surface area (Å²) in [6.45, 7) is 9.98. The monoisotopic (exact) mass is 251 g/mol. The van der Waals surface area contributed by atoms with Gasteiger partial charge in [0, 0.05) is 10.9 Å². The van der Waals surface area contributed by atoms with Gasteiger partial charge in [-0.2, -0.15) is 0 Å². The molecule has 0 bridgehead atoms. The van der Waals surface area contributed by atoms with Crippen LogP contribution in [0.3, 0.4) is 0 Å². The SMILES string of the molecule is CC(C)NCCCSc1ccc(C(C)C)cc1. The van der Waals surface area contributed by atoms with E-state index in [-0.39, 0.29) is 0 Å². The average Bonchev–Trinajstić information content (AvgIpc) is 2.29. The summed E-state index contributed by atoms with van der Waals surface area (Å²) < 4.78 is 0. The van der Waals surface area contributed by atoms with Crippen LogP contribution in [0, 0.1) is 0 Å². The Morgan fingerprint density at radius 1 is 1.06 bits per heavy atom. The van der Waals surface area contributed by atoms with Gasteiger partial charge in [-0.05, 0) is 42.3 Å². The third-order valence-corrected chi connectivity index (χ3v) is 3.79. The molecule has 0 saturated heterocycles. The van der Waals surface area contributed by atoms with E-state index < -0.39 is 0 Å². The molecule has 1 nitrogen and oxygen atoms in total. The van der Waals surface area contributed by atoms with E-state index in [0.29, 0.717) is 12.0 Å². The van der Waals surface area contributed by atoms with Crippen molar-refractivity contribution < 1.29 is 0 Å². The first-order chi connectivity index (χ1) is 8.09. The maximum Gasteiger partial charge on any atom is 0.00721 e. The lowest BCUT2D eigenvalue weighted by atomic mass is 10.0. The smallest absolute Gasteiger partial charge is 0.00721 e. The highest BCUT2D eigenvalue weighted by Gasteiger charge is 1.99. The topological polar surface area (TPSA) is 12.0 Å². The highest BCUT2D eigenvalue weighted by Crippen LogP contribution is 2.22. The molecule has 0 aliphatic carbocycles. The number of thioether (sulfide) groups is 1. The minimum Gasteiger partial charge on any atom is -0.315 e. The highest BCUT2D eigenvalue weighted by molar-refractivity contribution is 7.99. The van der Waals surface area contributed by atoms with E-state index in [1.807, 2.05) is 11.8 Å². The van der Waals surface area contributed by atoms with E-state index in [4.69, 9.17) is 0 Å². The number of hydrogen-bond donors (Lipinski definition) is 1. The number of benzene rings is 1. The lowest BCUT2D eigenvalue weighted by molar-refractivity contribution is 0.586. The maximum absolute atomic E-state index is 3.44. The van der Waals surface area contributed by atoms with Gasteiger partial charge < -0.3 is 5.32 Å². The van der Waals surface area contributed by atoms with Crippen molar-refractivity contribution in [3.63, 3.8) is 0 Å². The minimum atomic E-state index is 0.602. The Kier molecular flexibility index (Phi) is 6.68. The van der Waals surface area contributed by atoms with Crippen molar-refractivity contribution in [3.8, 4) is 0 Å². The maximum atomic E-state index is 3.44. The molecule has 1 aromatic carbocycles. The molecule has 96 valence electrons. The van der Waals surface area contributed by atoms with Crippen LogP contribution in [0.2, 0.25) is 0 Å². The summed E-state index contributed by atoms with van der Waals surface area (Å²) >= 11 is 1.95. The molecule has 17 heavy (non-hydrogen) atoms. The molecule has 0 unspecified atom stereocenters. The van der Waals surface area contributed by atoms with Gasteiger partial charge in [0.15, 0.2) is 0 Å². The summed E-state index contributed by atoms with van der Waals surface area (Å²) in [4.78, 5) is 1.39. The van der Waals surface area contributed by atoms with Crippen LogP contribution in [0.4, 0.5) is 0 Å². The van der Waals surface area contributed by atoms with Crippen LogP contribution in [-0.2, 0) is 0 Å². The highest BCUT2D eigenvalue weighted by atomic mass is 32.2. The van der Waals surface area contributed by atoms with Crippen molar-refractivity contribution in [1.29, 1.82) is 0 Å². The Balaban J connectivity index is 2.23. The van der Waals surface area contributed by atoms with Crippen LogP contribution in [0.15, 0.2) is 29.2 Å². The van der Waals surface area contributed by atoms with E-state index >= 15 is 0 Å². The van der Waals surface area contributed by atoms with Crippen LogP contribution in [0.25, 0.3) is 0 Å². The zero-order valence-corrected chi connectivity index (χ0v) is 12.3. The molecule has 0 saturated carbocycles. The number of nitrogens with one attached hydrogen (secondary N) is 1. The van der Waals surface area contributed by atoms with Gasteiger partial charge in [0.2, 0.25) is 0 Å². The second-order valence-electron chi connectivity index (χ2n) is 5.03. The Bertz CT molecular complexity index is 303. The summed E-state index contributed by atoms with van der Waals surface area (Å²) in [6, 6.07) is 9.59. The summed E-state index contributed by atoms with van der Waals surface area (Å²) in [7, 11) is 0. The van der Waals surface area contributed by atoms with Crippen molar-refractivity contribution >= 4 is 11.8 Å². The Hall–Kier alpha value is -0.470. The van der Waals surface area contributed by atoms with Crippen LogP contribution in [0.1, 0.15) is 45.6 Å². The van der Waals surface area contributed by atoms with Gasteiger partial charge in [-0.25, -0.2) is 0 Å². The number of hydrogen-bond acceptors (Lipinski definition) is 2. The summed E-state index contributed by atoms with van der Waals surface area (Å²) in [5.41, 5.74) is 1.43. The minimum absolute atomic E-state index is 0.602. The van der Waals surface area contributed by atoms with Gasteiger partial charge in [-0.15, -0.1) is 11.8 Å². The molecule has 2 heteroatoms. The Morgan fingerprint density at radius 2 is 1.71 bits per heavy atom. The molecule has 0 fully saturated rings. The first-order valence-corrected chi connectivity index (χ1v) is 7.54. The third kappa shape index (κ3) is 6.13. The first kappa shape index (κ1) is 14.6. The summed E-state index contributed by atoms with van der Waals surface area (Å²) in [6.07, 6.45) is 1.23.